The zero-order valence-corrected chi connectivity index (χ0v) is 15.3. The summed E-state index contributed by atoms with van der Waals surface area (Å²) in [6.45, 7) is 4.56. The molecule has 4 aromatic rings. The lowest BCUT2D eigenvalue weighted by Gasteiger charge is -2.04. The lowest BCUT2D eigenvalue weighted by atomic mass is 10.2. The number of pyridine rings is 2. The number of carbonyl (C=O) groups excluding carboxylic acids is 1. The Morgan fingerprint density at radius 1 is 1.11 bits per heavy atom. The minimum atomic E-state index is -0.126. The topological polar surface area (TPSA) is 64.2 Å². The van der Waals surface area contributed by atoms with Gasteiger partial charge in [-0.3, -0.25) is 14.5 Å². The standard InChI is InChI=1S/C21H21N5O/c1-15(2)26-12-9-18(24-26)20-13-17(19-8-4-6-11-25(19)20)21(27)23-14-16-7-3-5-10-22-16/h3-13,15H,14H2,1-2H3,(H,23,27). The van der Waals surface area contributed by atoms with E-state index < -0.39 is 0 Å². The second-order valence-corrected chi connectivity index (χ2v) is 6.68. The molecule has 0 saturated carbocycles. The number of rotatable bonds is 5. The number of aromatic nitrogens is 4. The molecule has 0 unspecified atom stereocenters. The van der Waals surface area contributed by atoms with Crippen LogP contribution in [0.4, 0.5) is 0 Å². The monoisotopic (exact) mass is 359 g/mol. The van der Waals surface area contributed by atoms with E-state index in [4.69, 9.17) is 0 Å². The highest BCUT2D eigenvalue weighted by Crippen LogP contribution is 2.25. The highest BCUT2D eigenvalue weighted by Gasteiger charge is 2.17. The predicted octanol–water partition coefficient (Wildman–Crippen LogP) is 3.71. The molecule has 1 N–H and O–H groups in total. The molecule has 6 nitrogen and oxygen atoms in total. The Labute approximate surface area is 157 Å². The SMILES string of the molecule is CC(C)n1ccc(-c2cc(C(=O)NCc3ccccn3)c3ccccn23)n1. The maximum atomic E-state index is 12.8. The maximum absolute atomic E-state index is 12.8. The third-order valence-electron chi connectivity index (χ3n) is 4.48. The summed E-state index contributed by atoms with van der Waals surface area (Å²) in [5.41, 5.74) is 4.04. The Hall–Kier alpha value is -3.41. The van der Waals surface area contributed by atoms with Gasteiger partial charge in [0.1, 0.15) is 5.69 Å². The van der Waals surface area contributed by atoms with Crippen molar-refractivity contribution < 1.29 is 4.79 Å². The van der Waals surface area contributed by atoms with Crippen LogP contribution in [0.5, 0.6) is 0 Å². The minimum absolute atomic E-state index is 0.126. The quantitative estimate of drug-likeness (QED) is 0.591. The van der Waals surface area contributed by atoms with Crippen LogP contribution in [0.15, 0.2) is 67.1 Å². The number of nitrogens with zero attached hydrogens (tertiary/aromatic N) is 4. The molecular weight excluding hydrogens is 338 g/mol. The van der Waals surface area contributed by atoms with Crippen molar-refractivity contribution in [3.05, 3.63) is 78.4 Å². The van der Waals surface area contributed by atoms with Crippen molar-refractivity contribution in [2.24, 2.45) is 0 Å². The van der Waals surface area contributed by atoms with Crippen molar-refractivity contribution in [1.82, 2.24) is 24.5 Å². The van der Waals surface area contributed by atoms with E-state index in [-0.39, 0.29) is 11.9 Å². The van der Waals surface area contributed by atoms with Crippen LogP contribution in [-0.2, 0) is 6.54 Å². The van der Waals surface area contributed by atoms with Gasteiger partial charge in [0.25, 0.3) is 5.91 Å². The zero-order valence-electron chi connectivity index (χ0n) is 15.3. The second-order valence-electron chi connectivity index (χ2n) is 6.68. The summed E-state index contributed by atoms with van der Waals surface area (Å²) in [6.07, 6.45) is 5.64. The number of fused-ring (bicyclic) bond motifs is 1. The molecular formula is C21H21N5O. The fourth-order valence-electron chi connectivity index (χ4n) is 3.06. The first-order valence-corrected chi connectivity index (χ1v) is 8.97. The van der Waals surface area contributed by atoms with Crippen LogP contribution in [0.1, 0.15) is 35.9 Å². The van der Waals surface area contributed by atoms with Gasteiger partial charge in [0.2, 0.25) is 0 Å². The van der Waals surface area contributed by atoms with E-state index >= 15 is 0 Å². The fraction of sp³-hybridized carbons (Fsp3) is 0.190. The molecule has 4 rings (SSSR count). The summed E-state index contributed by atoms with van der Waals surface area (Å²) >= 11 is 0. The Kier molecular flexibility index (Phi) is 4.46. The molecule has 0 bridgehead atoms. The summed E-state index contributed by atoms with van der Waals surface area (Å²) in [4.78, 5) is 17.1. The van der Waals surface area contributed by atoms with E-state index in [0.717, 1.165) is 22.6 Å². The number of carbonyl (C=O) groups is 1. The molecule has 0 saturated heterocycles. The highest BCUT2D eigenvalue weighted by molar-refractivity contribution is 6.02. The first-order chi connectivity index (χ1) is 13.1. The van der Waals surface area contributed by atoms with E-state index in [1.165, 1.54) is 0 Å². The van der Waals surface area contributed by atoms with Crippen LogP contribution in [0.2, 0.25) is 0 Å². The van der Waals surface area contributed by atoms with E-state index in [1.807, 2.05) is 70.0 Å². The fourth-order valence-corrected chi connectivity index (χ4v) is 3.06. The lowest BCUT2D eigenvalue weighted by Crippen LogP contribution is -2.23. The summed E-state index contributed by atoms with van der Waals surface area (Å²) in [6, 6.07) is 15.6. The van der Waals surface area contributed by atoms with Crippen LogP contribution in [0.3, 0.4) is 0 Å². The normalized spacial score (nSPS) is 11.2. The van der Waals surface area contributed by atoms with E-state index in [2.05, 4.69) is 29.2 Å². The third-order valence-corrected chi connectivity index (χ3v) is 4.48. The van der Waals surface area contributed by atoms with E-state index in [9.17, 15) is 4.79 Å². The van der Waals surface area contributed by atoms with Crippen LogP contribution in [-0.4, -0.2) is 25.1 Å². The maximum Gasteiger partial charge on any atom is 0.253 e. The minimum Gasteiger partial charge on any atom is -0.346 e. The van der Waals surface area contributed by atoms with Crippen LogP contribution in [0.25, 0.3) is 16.9 Å². The second kappa shape index (κ2) is 7.07. The van der Waals surface area contributed by atoms with Gasteiger partial charge < -0.3 is 9.72 Å². The first kappa shape index (κ1) is 17.0. The zero-order chi connectivity index (χ0) is 18.8. The van der Waals surface area contributed by atoms with Crippen molar-refractivity contribution in [3.63, 3.8) is 0 Å². The summed E-state index contributed by atoms with van der Waals surface area (Å²) in [5, 5.41) is 7.61. The smallest absolute Gasteiger partial charge is 0.253 e. The molecule has 0 aliphatic rings. The molecule has 0 fully saturated rings. The predicted molar refractivity (Wildman–Crippen MR) is 104 cm³/mol. The summed E-state index contributed by atoms with van der Waals surface area (Å²) in [7, 11) is 0. The van der Waals surface area contributed by atoms with Gasteiger partial charge >= 0.3 is 0 Å². The molecule has 0 aromatic carbocycles. The van der Waals surface area contributed by atoms with Gasteiger partial charge in [-0.2, -0.15) is 5.10 Å². The molecule has 4 aromatic heterocycles. The average molecular weight is 359 g/mol. The van der Waals surface area contributed by atoms with E-state index in [0.29, 0.717) is 12.1 Å². The van der Waals surface area contributed by atoms with Crippen LogP contribution >= 0.6 is 0 Å². The number of hydrogen-bond acceptors (Lipinski definition) is 3. The van der Waals surface area contributed by atoms with Gasteiger partial charge in [-0.15, -0.1) is 0 Å². The average Bonchev–Trinajstić information content (AvgIpc) is 3.32. The molecule has 27 heavy (non-hydrogen) atoms. The number of amides is 1. The van der Waals surface area contributed by atoms with Gasteiger partial charge in [-0.05, 0) is 50.2 Å². The molecule has 1 amide bonds. The van der Waals surface area contributed by atoms with Gasteiger partial charge in [-0.25, -0.2) is 0 Å². The molecule has 0 spiro atoms. The van der Waals surface area contributed by atoms with Crippen molar-refractivity contribution in [2.75, 3.05) is 0 Å². The third kappa shape index (κ3) is 3.33. The largest absolute Gasteiger partial charge is 0.346 e. The molecule has 0 atom stereocenters. The molecule has 6 heteroatoms. The Bertz CT molecular complexity index is 1080. The number of nitrogens with one attached hydrogen (secondary N) is 1. The van der Waals surface area contributed by atoms with Gasteiger partial charge in [0, 0.05) is 24.6 Å². The molecule has 0 radical (unpaired) electrons. The van der Waals surface area contributed by atoms with Crippen molar-refractivity contribution in [2.45, 2.75) is 26.4 Å². The van der Waals surface area contributed by atoms with Gasteiger partial charge in [0.05, 0.1) is 29.0 Å². The van der Waals surface area contributed by atoms with Crippen molar-refractivity contribution in [1.29, 1.82) is 0 Å². The van der Waals surface area contributed by atoms with Gasteiger partial charge in [0.15, 0.2) is 0 Å². The Morgan fingerprint density at radius 3 is 2.70 bits per heavy atom. The summed E-state index contributed by atoms with van der Waals surface area (Å²) in [5.74, 6) is -0.126. The van der Waals surface area contributed by atoms with Gasteiger partial charge in [-0.1, -0.05) is 12.1 Å². The highest BCUT2D eigenvalue weighted by atomic mass is 16.1. The Morgan fingerprint density at radius 2 is 1.96 bits per heavy atom. The summed E-state index contributed by atoms with van der Waals surface area (Å²) < 4.78 is 3.92. The first-order valence-electron chi connectivity index (χ1n) is 8.97. The van der Waals surface area contributed by atoms with Crippen LogP contribution < -0.4 is 5.32 Å². The number of hydrogen-bond donors (Lipinski definition) is 1. The van der Waals surface area contributed by atoms with Crippen molar-refractivity contribution >= 4 is 11.4 Å². The molecule has 136 valence electrons. The lowest BCUT2D eigenvalue weighted by molar-refractivity contribution is 0.0952. The van der Waals surface area contributed by atoms with Crippen molar-refractivity contribution in [3.8, 4) is 11.4 Å². The van der Waals surface area contributed by atoms with E-state index in [1.54, 1.807) is 6.20 Å². The molecule has 0 aliphatic heterocycles. The van der Waals surface area contributed by atoms with Crippen LogP contribution in [0, 0.1) is 0 Å². The molecule has 0 aliphatic carbocycles. The molecule has 4 heterocycles. The Balaban J connectivity index is 1.68.